The number of hydrogen-bond acceptors (Lipinski definition) is 5. The molecule has 0 aliphatic rings. The second-order valence-electron chi connectivity index (χ2n) is 5.62. The van der Waals surface area contributed by atoms with Gasteiger partial charge < -0.3 is 19.8 Å². The number of aryl methyl sites for hydroxylation is 1. The highest BCUT2D eigenvalue weighted by molar-refractivity contribution is 5.99. The minimum atomic E-state index is -1.09. The number of nitriles is 1. The van der Waals surface area contributed by atoms with E-state index < -0.39 is 18.0 Å². The third-order valence-electron chi connectivity index (χ3n) is 3.70. The predicted octanol–water partition coefficient (Wildman–Crippen LogP) is 1.64. The molecule has 0 saturated heterocycles. The molecule has 0 aromatic carbocycles. The van der Waals surface area contributed by atoms with Crippen LogP contribution in [0.5, 0.6) is 0 Å². The Balaban J connectivity index is 3.14. The molecule has 0 aliphatic carbocycles. The van der Waals surface area contributed by atoms with Crippen LogP contribution < -0.4 is 5.73 Å². The first-order valence-electron chi connectivity index (χ1n) is 7.52. The third kappa shape index (κ3) is 4.46. The average Bonchev–Trinajstić information content (AvgIpc) is 2.78. The van der Waals surface area contributed by atoms with Crippen LogP contribution >= 0.6 is 0 Å². The van der Waals surface area contributed by atoms with Crippen molar-refractivity contribution in [1.82, 2.24) is 4.57 Å². The lowest BCUT2D eigenvalue weighted by Crippen LogP contribution is -2.30. The Hall–Kier alpha value is -2.59. The van der Waals surface area contributed by atoms with E-state index in [1.54, 1.807) is 13.2 Å². The van der Waals surface area contributed by atoms with Gasteiger partial charge in [-0.3, -0.25) is 4.79 Å². The lowest BCUT2D eigenvalue weighted by Gasteiger charge is -2.17. The minimum absolute atomic E-state index is 0.115. The van der Waals surface area contributed by atoms with Crippen molar-refractivity contribution >= 4 is 18.0 Å². The summed E-state index contributed by atoms with van der Waals surface area (Å²) in [6.45, 7) is 7.76. The number of nitrogens with zero attached hydrogens (tertiary/aromatic N) is 2. The van der Waals surface area contributed by atoms with Gasteiger partial charge in [0.2, 0.25) is 0 Å². The smallest absolute Gasteiger partial charge is 0.349 e. The van der Waals surface area contributed by atoms with Gasteiger partial charge in [0.15, 0.2) is 6.10 Å². The topological polar surface area (TPSA) is 107 Å². The molecule has 130 valence electrons. The molecule has 0 saturated carbocycles. The molecule has 0 radical (unpaired) electrons. The highest BCUT2D eigenvalue weighted by Crippen LogP contribution is 2.23. The average molecular weight is 333 g/mol. The van der Waals surface area contributed by atoms with E-state index in [0.29, 0.717) is 6.61 Å². The van der Waals surface area contributed by atoms with Crippen molar-refractivity contribution in [2.45, 2.75) is 39.8 Å². The first-order valence-corrected chi connectivity index (χ1v) is 7.52. The van der Waals surface area contributed by atoms with Crippen molar-refractivity contribution in [2.24, 2.45) is 5.73 Å². The molecule has 0 spiro atoms. The number of aromatic nitrogens is 1. The Labute approximate surface area is 141 Å². The molecule has 0 unspecified atom stereocenters. The number of primary amides is 1. The normalized spacial score (nSPS) is 13.9. The molecule has 24 heavy (non-hydrogen) atoms. The van der Waals surface area contributed by atoms with E-state index in [4.69, 9.17) is 15.2 Å². The SMILES string of the molecule is COC[C@H](C)n1c(C)cc(/C=C(\C#N)C(=O)O[C@@H](C)C(N)=O)c1C. The van der Waals surface area contributed by atoms with Crippen molar-refractivity contribution in [3.63, 3.8) is 0 Å². The van der Waals surface area contributed by atoms with Crippen LogP contribution in [0.3, 0.4) is 0 Å². The zero-order valence-corrected chi connectivity index (χ0v) is 14.6. The van der Waals surface area contributed by atoms with Gasteiger partial charge in [-0.2, -0.15) is 5.26 Å². The maximum absolute atomic E-state index is 12.0. The van der Waals surface area contributed by atoms with Gasteiger partial charge in [0, 0.05) is 18.5 Å². The lowest BCUT2D eigenvalue weighted by molar-refractivity contribution is -0.149. The number of carbonyl (C=O) groups is 2. The number of amides is 1. The van der Waals surface area contributed by atoms with E-state index in [1.807, 2.05) is 26.8 Å². The molecule has 1 heterocycles. The molecule has 2 atom stereocenters. The molecule has 1 aromatic heterocycles. The molecule has 1 aromatic rings. The van der Waals surface area contributed by atoms with Crippen LogP contribution in [0, 0.1) is 25.2 Å². The van der Waals surface area contributed by atoms with Gasteiger partial charge in [-0.15, -0.1) is 0 Å². The van der Waals surface area contributed by atoms with Crippen LogP contribution in [0.15, 0.2) is 11.6 Å². The maximum atomic E-state index is 12.0. The summed E-state index contributed by atoms with van der Waals surface area (Å²) in [4.78, 5) is 23.0. The van der Waals surface area contributed by atoms with E-state index >= 15 is 0 Å². The van der Waals surface area contributed by atoms with Gasteiger partial charge in [0.1, 0.15) is 11.6 Å². The van der Waals surface area contributed by atoms with Crippen LogP contribution in [0.25, 0.3) is 6.08 Å². The van der Waals surface area contributed by atoms with Crippen molar-refractivity contribution < 1.29 is 19.1 Å². The number of ether oxygens (including phenoxy) is 2. The molecule has 0 bridgehead atoms. The second kappa shape index (κ2) is 8.31. The Morgan fingerprint density at radius 2 is 2.04 bits per heavy atom. The molecule has 1 rings (SSSR count). The van der Waals surface area contributed by atoms with Crippen LogP contribution in [-0.4, -0.2) is 36.3 Å². The number of nitrogens with two attached hydrogens (primary N) is 1. The first-order chi connectivity index (χ1) is 11.2. The van der Waals surface area contributed by atoms with E-state index in [2.05, 4.69) is 4.57 Å². The van der Waals surface area contributed by atoms with Crippen LogP contribution in [-0.2, 0) is 19.1 Å². The Morgan fingerprint density at radius 3 is 2.54 bits per heavy atom. The fourth-order valence-electron chi connectivity index (χ4n) is 2.52. The second-order valence-corrected chi connectivity index (χ2v) is 5.62. The standard InChI is InChI=1S/C17H23N3O4/c1-10-6-14(12(3)20(10)11(2)9-23-5)7-15(8-18)17(22)24-13(4)16(19)21/h6-7,11,13H,9H2,1-5H3,(H2,19,21)/b15-7+/t11-,13-/m0/s1. The van der Waals surface area contributed by atoms with Crippen molar-refractivity contribution in [3.8, 4) is 6.07 Å². The van der Waals surface area contributed by atoms with Crippen LogP contribution in [0.4, 0.5) is 0 Å². The zero-order chi connectivity index (χ0) is 18.4. The number of rotatable bonds is 7. The number of carbonyl (C=O) groups excluding carboxylic acids is 2. The third-order valence-corrected chi connectivity index (χ3v) is 3.70. The first kappa shape index (κ1) is 19.5. The van der Waals surface area contributed by atoms with Gasteiger partial charge in [0.05, 0.1) is 12.6 Å². The number of esters is 1. The monoisotopic (exact) mass is 333 g/mol. The molecule has 2 N–H and O–H groups in total. The highest BCUT2D eigenvalue weighted by Gasteiger charge is 2.20. The van der Waals surface area contributed by atoms with Crippen molar-refractivity contribution in [3.05, 3.63) is 28.6 Å². The summed E-state index contributed by atoms with van der Waals surface area (Å²) in [5, 5.41) is 9.21. The molecular weight excluding hydrogens is 310 g/mol. The molecular formula is C17H23N3O4. The van der Waals surface area contributed by atoms with E-state index in [0.717, 1.165) is 17.0 Å². The maximum Gasteiger partial charge on any atom is 0.349 e. The largest absolute Gasteiger partial charge is 0.448 e. The minimum Gasteiger partial charge on any atom is -0.448 e. The summed E-state index contributed by atoms with van der Waals surface area (Å²) in [5.74, 6) is -1.65. The summed E-state index contributed by atoms with van der Waals surface area (Å²) >= 11 is 0. The number of hydrogen-bond donors (Lipinski definition) is 1. The quantitative estimate of drug-likeness (QED) is 0.463. The summed E-state index contributed by atoms with van der Waals surface area (Å²) in [6.07, 6.45) is 0.359. The molecule has 7 nitrogen and oxygen atoms in total. The fourth-order valence-corrected chi connectivity index (χ4v) is 2.52. The van der Waals surface area contributed by atoms with E-state index in [1.165, 1.54) is 13.0 Å². The Kier molecular flexibility index (Phi) is 6.74. The summed E-state index contributed by atoms with van der Waals surface area (Å²) < 4.78 is 12.1. The van der Waals surface area contributed by atoms with Gasteiger partial charge in [-0.1, -0.05) is 0 Å². The molecule has 7 heteroatoms. The Morgan fingerprint density at radius 1 is 1.42 bits per heavy atom. The molecule has 1 amide bonds. The van der Waals surface area contributed by atoms with Crippen LogP contribution in [0.2, 0.25) is 0 Å². The lowest BCUT2D eigenvalue weighted by atomic mass is 10.1. The van der Waals surface area contributed by atoms with Crippen LogP contribution in [0.1, 0.15) is 36.8 Å². The fraction of sp³-hybridized carbons (Fsp3) is 0.471. The van der Waals surface area contributed by atoms with Gasteiger partial charge >= 0.3 is 5.97 Å². The van der Waals surface area contributed by atoms with Gasteiger partial charge in [-0.05, 0) is 45.4 Å². The predicted molar refractivity (Wildman–Crippen MR) is 88.8 cm³/mol. The van der Waals surface area contributed by atoms with Gasteiger partial charge in [0.25, 0.3) is 5.91 Å². The Bertz CT molecular complexity index is 697. The highest BCUT2D eigenvalue weighted by atomic mass is 16.5. The van der Waals surface area contributed by atoms with Crippen molar-refractivity contribution in [1.29, 1.82) is 5.26 Å². The summed E-state index contributed by atoms with van der Waals surface area (Å²) in [6, 6.07) is 3.80. The molecule has 0 aliphatic heterocycles. The zero-order valence-electron chi connectivity index (χ0n) is 14.6. The number of methoxy groups -OCH3 is 1. The van der Waals surface area contributed by atoms with E-state index in [-0.39, 0.29) is 11.6 Å². The summed E-state index contributed by atoms with van der Waals surface area (Å²) in [5.41, 5.74) is 7.48. The van der Waals surface area contributed by atoms with E-state index in [9.17, 15) is 14.9 Å². The van der Waals surface area contributed by atoms with Crippen molar-refractivity contribution in [2.75, 3.05) is 13.7 Å². The van der Waals surface area contributed by atoms with Gasteiger partial charge in [-0.25, -0.2) is 4.79 Å². The molecule has 0 fully saturated rings. The summed E-state index contributed by atoms with van der Waals surface area (Å²) in [7, 11) is 1.63.